The number of thioether (sulfide) groups is 1. The molecule has 5 N–H and O–H groups in total. The van der Waals surface area contributed by atoms with E-state index in [4.69, 9.17) is 4.74 Å². The van der Waals surface area contributed by atoms with Crippen LogP contribution < -0.4 is 4.74 Å². The number of aliphatic hydroxyl groups is 1. The van der Waals surface area contributed by atoms with Gasteiger partial charge in [-0.3, -0.25) is 9.13 Å². The monoisotopic (exact) mass is 398 g/mol. The van der Waals surface area contributed by atoms with E-state index in [1.165, 1.54) is 11.8 Å². The fourth-order valence-electron chi connectivity index (χ4n) is 2.56. The van der Waals surface area contributed by atoms with Crippen LogP contribution in [0.5, 0.6) is 5.75 Å². The molecule has 8 nitrogen and oxygen atoms in total. The van der Waals surface area contributed by atoms with Crippen molar-refractivity contribution < 1.29 is 38.5 Å². The molecular formula is C13H20O8P2S. The molecular weight excluding hydrogens is 378 g/mol. The molecule has 0 fully saturated rings. The van der Waals surface area contributed by atoms with Gasteiger partial charge in [0.1, 0.15) is 11.9 Å². The quantitative estimate of drug-likeness (QED) is 0.358. The molecule has 11 heteroatoms. The van der Waals surface area contributed by atoms with Crippen LogP contribution >= 0.6 is 27.0 Å². The number of ether oxygens (including phenoxy) is 1. The molecule has 136 valence electrons. The zero-order valence-electron chi connectivity index (χ0n) is 12.9. The van der Waals surface area contributed by atoms with Gasteiger partial charge in [-0.05, 0) is 30.2 Å². The Morgan fingerprint density at radius 2 is 1.88 bits per heavy atom. The van der Waals surface area contributed by atoms with Crippen LogP contribution in [-0.4, -0.2) is 41.6 Å². The van der Waals surface area contributed by atoms with Crippen molar-refractivity contribution in [2.24, 2.45) is 0 Å². The van der Waals surface area contributed by atoms with Crippen LogP contribution in [0.1, 0.15) is 25.3 Å². The van der Waals surface area contributed by atoms with Crippen molar-refractivity contribution in [1.29, 1.82) is 0 Å². The second-order valence-electron chi connectivity index (χ2n) is 5.52. The van der Waals surface area contributed by atoms with Gasteiger partial charge in [0.2, 0.25) is 0 Å². The average Bonchev–Trinajstić information content (AvgIpc) is 2.46. The van der Waals surface area contributed by atoms with Gasteiger partial charge >= 0.3 is 15.2 Å². The minimum absolute atomic E-state index is 0.287. The van der Waals surface area contributed by atoms with Gasteiger partial charge < -0.3 is 29.4 Å². The van der Waals surface area contributed by atoms with E-state index in [0.29, 0.717) is 12.2 Å². The highest BCUT2D eigenvalue weighted by Crippen LogP contribution is 2.69. The SMILES string of the molecule is CCSc1cccc2c1OC(CC(O)(P(=O)(O)O)P(=O)(O)O)CC2. The van der Waals surface area contributed by atoms with Crippen LogP contribution in [0.2, 0.25) is 0 Å². The molecule has 1 aliphatic heterocycles. The predicted molar refractivity (Wildman–Crippen MR) is 89.2 cm³/mol. The summed E-state index contributed by atoms with van der Waals surface area (Å²) in [6.07, 6.45) is -0.959. The second-order valence-corrected chi connectivity index (χ2v) is 10.8. The van der Waals surface area contributed by atoms with Crippen LogP contribution in [0.3, 0.4) is 0 Å². The minimum Gasteiger partial charge on any atom is -0.489 e. The highest BCUT2D eigenvalue weighted by molar-refractivity contribution is 7.99. The van der Waals surface area contributed by atoms with Crippen LogP contribution in [0, 0.1) is 0 Å². The first-order valence-corrected chi connectivity index (χ1v) is 11.5. The minimum atomic E-state index is -5.48. The molecule has 0 saturated heterocycles. The Bertz CT molecular complexity index is 675. The van der Waals surface area contributed by atoms with E-state index in [-0.39, 0.29) is 6.42 Å². The van der Waals surface area contributed by atoms with E-state index in [2.05, 4.69) is 0 Å². The van der Waals surface area contributed by atoms with Gasteiger partial charge in [-0.25, -0.2) is 0 Å². The largest absolute Gasteiger partial charge is 0.489 e. The van der Waals surface area contributed by atoms with Crippen molar-refractivity contribution >= 4 is 27.0 Å². The third-order valence-corrected chi connectivity index (χ3v) is 8.53. The first-order chi connectivity index (χ1) is 11.0. The molecule has 2 rings (SSSR count). The summed E-state index contributed by atoms with van der Waals surface area (Å²) in [4.78, 5) is 37.8. The molecule has 1 atom stereocenters. The maximum Gasteiger partial charge on any atom is 0.369 e. The summed E-state index contributed by atoms with van der Waals surface area (Å²) < 4.78 is 28.7. The average molecular weight is 398 g/mol. The number of hydrogen-bond donors (Lipinski definition) is 5. The summed E-state index contributed by atoms with van der Waals surface area (Å²) in [5.74, 6) is 1.33. The van der Waals surface area contributed by atoms with E-state index in [1.807, 2.05) is 25.1 Å². The number of aryl methyl sites for hydroxylation is 1. The molecule has 0 saturated carbocycles. The van der Waals surface area contributed by atoms with Crippen molar-refractivity contribution in [2.75, 3.05) is 5.75 Å². The zero-order valence-corrected chi connectivity index (χ0v) is 15.5. The molecule has 0 radical (unpaired) electrons. The van der Waals surface area contributed by atoms with Gasteiger partial charge in [0.25, 0.3) is 5.08 Å². The van der Waals surface area contributed by atoms with Gasteiger partial charge in [0, 0.05) is 11.3 Å². The number of hydrogen-bond acceptors (Lipinski definition) is 5. The lowest BCUT2D eigenvalue weighted by Gasteiger charge is -2.35. The number of rotatable bonds is 6. The Hall–Kier alpha value is -0.370. The normalized spacial score (nSPS) is 18.8. The summed E-state index contributed by atoms with van der Waals surface area (Å²) in [6, 6.07) is 5.58. The van der Waals surface area contributed by atoms with E-state index in [0.717, 1.165) is 16.2 Å². The van der Waals surface area contributed by atoms with Crippen LogP contribution in [0.4, 0.5) is 0 Å². The molecule has 1 aromatic rings. The topological polar surface area (TPSA) is 145 Å². The lowest BCUT2D eigenvalue weighted by Crippen LogP contribution is -2.37. The molecule has 1 aromatic carbocycles. The molecule has 0 amide bonds. The maximum absolute atomic E-state index is 11.5. The van der Waals surface area contributed by atoms with Crippen molar-refractivity contribution in [3.63, 3.8) is 0 Å². The summed E-state index contributed by atoms with van der Waals surface area (Å²) in [6.45, 7) is 1.96. The van der Waals surface area contributed by atoms with Crippen molar-refractivity contribution in [3.05, 3.63) is 23.8 Å². The Morgan fingerprint density at radius 3 is 2.42 bits per heavy atom. The van der Waals surface area contributed by atoms with E-state index in [9.17, 15) is 33.8 Å². The summed E-state index contributed by atoms with van der Waals surface area (Å²) in [5.41, 5.74) is 0.917. The van der Waals surface area contributed by atoms with E-state index in [1.54, 1.807) is 0 Å². The fraction of sp³-hybridized carbons (Fsp3) is 0.538. The first-order valence-electron chi connectivity index (χ1n) is 7.24. The molecule has 0 bridgehead atoms. The number of fused-ring (bicyclic) bond motifs is 1. The summed E-state index contributed by atoms with van der Waals surface area (Å²) >= 11 is 1.53. The molecule has 1 unspecified atom stereocenters. The summed E-state index contributed by atoms with van der Waals surface area (Å²) in [7, 11) is -11.0. The first kappa shape index (κ1) is 19.9. The predicted octanol–water partition coefficient (Wildman–Crippen LogP) is 1.88. The van der Waals surface area contributed by atoms with E-state index >= 15 is 0 Å². The van der Waals surface area contributed by atoms with Crippen LogP contribution in [-0.2, 0) is 15.6 Å². The van der Waals surface area contributed by atoms with Gasteiger partial charge in [0.15, 0.2) is 0 Å². The second kappa shape index (κ2) is 7.09. The molecule has 0 aromatic heterocycles. The van der Waals surface area contributed by atoms with E-state index < -0.39 is 32.8 Å². The number of para-hydroxylation sites is 1. The molecule has 0 aliphatic carbocycles. The molecule has 0 spiro atoms. The highest BCUT2D eigenvalue weighted by atomic mass is 32.2. The smallest absolute Gasteiger partial charge is 0.369 e. The van der Waals surface area contributed by atoms with Crippen LogP contribution in [0.25, 0.3) is 0 Å². The van der Waals surface area contributed by atoms with Crippen molar-refractivity contribution in [2.45, 2.75) is 42.3 Å². The Morgan fingerprint density at radius 1 is 1.25 bits per heavy atom. The standard InChI is InChI=1S/C13H20O8P2S/c1-2-24-11-5-3-4-9-6-7-10(21-12(9)11)8-13(14,22(15,16)17)23(18,19)20/h3-5,10,14H,2,6-8H2,1H3,(H2,15,16,17)(H2,18,19,20). The zero-order chi connectivity index (χ0) is 18.2. The van der Waals surface area contributed by atoms with Gasteiger partial charge in [-0.15, -0.1) is 11.8 Å². The van der Waals surface area contributed by atoms with Gasteiger partial charge in [-0.2, -0.15) is 0 Å². The fourth-order valence-corrected chi connectivity index (χ4v) is 5.60. The lowest BCUT2D eigenvalue weighted by molar-refractivity contribution is 0.0641. The highest BCUT2D eigenvalue weighted by Gasteiger charge is 2.60. The molecule has 24 heavy (non-hydrogen) atoms. The van der Waals surface area contributed by atoms with Crippen LogP contribution in [0.15, 0.2) is 23.1 Å². The summed E-state index contributed by atoms with van der Waals surface area (Å²) in [5, 5.41) is 6.60. The maximum atomic E-state index is 11.5. The van der Waals surface area contributed by atoms with Crippen molar-refractivity contribution in [3.8, 4) is 5.75 Å². The third-order valence-electron chi connectivity index (χ3n) is 3.82. The Kier molecular flexibility index (Phi) is 5.90. The van der Waals surface area contributed by atoms with Gasteiger partial charge in [0.05, 0.1) is 0 Å². The Balaban J connectivity index is 2.30. The molecule has 1 heterocycles. The van der Waals surface area contributed by atoms with Crippen molar-refractivity contribution in [1.82, 2.24) is 0 Å². The third kappa shape index (κ3) is 3.89. The Labute approximate surface area is 143 Å². The molecule has 1 aliphatic rings. The van der Waals surface area contributed by atoms with Gasteiger partial charge in [-0.1, -0.05) is 19.1 Å². The lowest BCUT2D eigenvalue weighted by atomic mass is 10.0. The number of benzene rings is 1.